The van der Waals surface area contributed by atoms with E-state index in [0.29, 0.717) is 26.2 Å². The number of carboxylic acid groups (broad SMARTS) is 1. The molecule has 20 heavy (non-hydrogen) atoms. The number of rotatable bonds is 10. The van der Waals surface area contributed by atoms with Crippen LogP contribution in [0.1, 0.15) is 20.8 Å². The highest BCUT2D eigenvalue weighted by molar-refractivity contribution is 5.78. The van der Waals surface area contributed by atoms with E-state index < -0.39 is 11.9 Å². The first-order chi connectivity index (χ1) is 9.31. The summed E-state index contributed by atoms with van der Waals surface area (Å²) in [6, 6.07) is 0. The van der Waals surface area contributed by atoms with Crippen molar-refractivity contribution >= 4 is 11.9 Å². The van der Waals surface area contributed by atoms with Gasteiger partial charge in [-0.15, -0.1) is 0 Å². The second-order valence-corrected chi connectivity index (χ2v) is 5.34. The zero-order chi connectivity index (χ0) is 15.7. The third-order valence-electron chi connectivity index (χ3n) is 3.29. The van der Waals surface area contributed by atoms with Crippen LogP contribution >= 0.6 is 0 Å². The minimum absolute atomic E-state index is 0.0614. The van der Waals surface area contributed by atoms with E-state index in [1.54, 1.807) is 11.8 Å². The summed E-state index contributed by atoms with van der Waals surface area (Å²) in [5.74, 6) is -1.23. The minimum Gasteiger partial charge on any atom is -0.481 e. The predicted molar refractivity (Wildman–Crippen MR) is 79.7 cm³/mol. The van der Waals surface area contributed by atoms with Crippen molar-refractivity contribution in [2.45, 2.75) is 20.8 Å². The first-order valence-corrected chi connectivity index (χ1v) is 7.19. The quantitative estimate of drug-likeness (QED) is 0.631. The van der Waals surface area contributed by atoms with E-state index in [-0.39, 0.29) is 12.5 Å². The van der Waals surface area contributed by atoms with Crippen LogP contribution < -0.4 is 0 Å². The molecule has 0 heterocycles. The fourth-order valence-corrected chi connectivity index (χ4v) is 1.91. The third kappa shape index (κ3) is 7.45. The van der Waals surface area contributed by atoms with Crippen molar-refractivity contribution in [2.24, 2.45) is 5.92 Å². The Hall–Kier alpha value is -1.14. The highest BCUT2D eigenvalue weighted by Gasteiger charge is 2.20. The molecular formula is C14H29N3O3. The molecule has 1 unspecified atom stereocenters. The van der Waals surface area contributed by atoms with Crippen molar-refractivity contribution in [3.8, 4) is 0 Å². The maximum absolute atomic E-state index is 12.1. The summed E-state index contributed by atoms with van der Waals surface area (Å²) >= 11 is 0. The third-order valence-corrected chi connectivity index (χ3v) is 3.29. The first-order valence-electron chi connectivity index (χ1n) is 7.19. The smallest absolute Gasteiger partial charge is 0.307 e. The van der Waals surface area contributed by atoms with Crippen molar-refractivity contribution in [2.75, 3.05) is 53.4 Å². The molecule has 0 spiro atoms. The molecule has 0 aliphatic rings. The average molecular weight is 287 g/mol. The molecule has 6 heteroatoms. The van der Waals surface area contributed by atoms with Crippen LogP contribution in [0.15, 0.2) is 0 Å². The summed E-state index contributed by atoms with van der Waals surface area (Å²) in [4.78, 5) is 28.8. The Bertz CT molecular complexity index is 304. The molecular weight excluding hydrogens is 258 g/mol. The first kappa shape index (κ1) is 18.9. The SMILES string of the molecule is CCN(CC)C(=O)CN(CCN(C)C)CC(C)C(=O)O. The normalized spacial score (nSPS) is 12.8. The Balaban J connectivity index is 4.58. The summed E-state index contributed by atoms with van der Waals surface area (Å²) in [7, 11) is 3.93. The molecule has 118 valence electrons. The molecule has 0 saturated heterocycles. The molecule has 0 aliphatic heterocycles. The van der Waals surface area contributed by atoms with Crippen molar-refractivity contribution in [1.82, 2.24) is 14.7 Å². The van der Waals surface area contributed by atoms with E-state index >= 15 is 0 Å². The summed E-state index contributed by atoms with van der Waals surface area (Å²) in [6.45, 7) is 9.12. The van der Waals surface area contributed by atoms with Crippen LogP contribution in [-0.2, 0) is 9.59 Å². The number of hydrogen-bond donors (Lipinski definition) is 1. The van der Waals surface area contributed by atoms with Crippen LogP contribution in [0.5, 0.6) is 0 Å². The number of carboxylic acids is 1. The van der Waals surface area contributed by atoms with Crippen LogP contribution in [0.4, 0.5) is 0 Å². The average Bonchev–Trinajstić information content (AvgIpc) is 2.37. The molecule has 0 rings (SSSR count). The topological polar surface area (TPSA) is 64.1 Å². The number of carbonyl (C=O) groups excluding carboxylic acids is 1. The zero-order valence-corrected chi connectivity index (χ0v) is 13.4. The maximum Gasteiger partial charge on any atom is 0.307 e. The summed E-state index contributed by atoms with van der Waals surface area (Å²) in [5, 5.41) is 9.01. The molecule has 0 aliphatic carbocycles. The van der Waals surface area contributed by atoms with Gasteiger partial charge >= 0.3 is 5.97 Å². The highest BCUT2D eigenvalue weighted by Crippen LogP contribution is 2.02. The molecule has 1 atom stereocenters. The summed E-state index contributed by atoms with van der Waals surface area (Å²) in [5.41, 5.74) is 0. The van der Waals surface area contributed by atoms with Gasteiger partial charge in [-0.25, -0.2) is 0 Å². The fourth-order valence-electron chi connectivity index (χ4n) is 1.91. The van der Waals surface area contributed by atoms with E-state index in [9.17, 15) is 9.59 Å². The van der Waals surface area contributed by atoms with Gasteiger partial charge in [-0.3, -0.25) is 14.5 Å². The van der Waals surface area contributed by atoms with E-state index in [1.807, 2.05) is 37.7 Å². The second kappa shape index (κ2) is 9.72. The monoisotopic (exact) mass is 287 g/mol. The number of hydrogen-bond acceptors (Lipinski definition) is 4. The maximum atomic E-state index is 12.1. The predicted octanol–water partition coefficient (Wildman–Crippen LogP) is 0.439. The number of nitrogens with zero attached hydrogens (tertiary/aromatic N) is 3. The minimum atomic E-state index is -0.824. The molecule has 6 nitrogen and oxygen atoms in total. The lowest BCUT2D eigenvalue weighted by atomic mass is 10.1. The van der Waals surface area contributed by atoms with Crippen LogP contribution in [0.25, 0.3) is 0 Å². The van der Waals surface area contributed by atoms with Gasteiger partial charge in [-0.05, 0) is 27.9 Å². The van der Waals surface area contributed by atoms with Gasteiger partial charge in [0, 0.05) is 32.7 Å². The number of carbonyl (C=O) groups is 2. The van der Waals surface area contributed by atoms with Crippen molar-refractivity contribution in [3.63, 3.8) is 0 Å². The van der Waals surface area contributed by atoms with Crippen LogP contribution in [-0.4, -0.2) is 85.0 Å². The number of aliphatic carboxylic acids is 1. The Morgan fingerprint density at radius 3 is 2.05 bits per heavy atom. The van der Waals surface area contributed by atoms with Gasteiger partial charge < -0.3 is 14.9 Å². The fraction of sp³-hybridized carbons (Fsp3) is 0.857. The van der Waals surface area contributed by atoms with Gasteiger partial charge in [0.05, 0.1) is 12.5 Å². The molecule has 0 aromatic carbocycles. The lowest BCUT2D eigenvalue weighted by Crippen LogP contribution is -2.44. The lowest BCUT2D eigenvalue weighted by molar-refractivity contribution is -0.142. The second-order valence-electron chi connectivity index (χ2n) is 5.34. The van der Waals surface area contributed by atoms with E-state index in [1.165, 1.54) is 0 Å². The molecule has 1 amide bonds. The van der Waals surface area contributed by atoms with Gasteiger partial charge in [0.25, 0.3) is 0 Å². The van der Waals surface area contributed by atoms with E-state index in [2.05, 4.69) is 0 Å². The standard InChI is InChI=1S/C14H29N3O3/c1-6-17(7-2)13(18)11-16(9-8-15(4)5)10-12(3)14(19)20/h12H,6-11H2,1-5H3,(H,19,20). The molecule has 1 N–H and O–H groups in total. The van der Waals surface area contributed by atoms with E-state index in [0.717, 1.165) is 6.54 Å². The Morgan fingerprint density at radius 2 is 1.65 bits per heavy atom. The Kier molecular flexibility index (Phi) is 9.16. The van der Waals surface area contributed by atoms with Gasteiger partial charge in [-0.2, -0.15) is 0 Å². The van der Waals surface area contributed by atoms with Crippen molar-refractivity contribution in [1.29, 1.82) is 0 Å². The van der Waals surface area contributed by atoms with Gasteiger partial charge in [0.15, 0.2) is 0 Å². The number of amides is 1. The van der Waals surface area contributed by atoms with E-state index in [4.69, 9.17) is 5.11 Å². The van der Waals surface area contributed by atoms with Gasteiger partial charge in [-0.1, -0.05) is 6.92 Å². The largest absolute Gasteiger partial charge is 0.481 e. The summed E-state index contributed by atoms with van der Waals surface area (Å²) in [6.07, 6.45) is 0. The summed E-state index contributed by atoms with van der Waals surface area (Å²) < 4.78 is 0. The Morgan fingerprint density at radius 1 is 1.10 bits per heavy atom. The van der Waals surface area contributed by atoms with Crippen molar-refractivity contribution < 1.29 is 14.7 Å². The zero-order valence-electron chi connectivity index (χ0n) is 13.4. The molecule has 0 aromatic rings. The van der Waals surface area contributed by atoms with Crippen LogP contribution in [0, 0.1) is 5.92 Å². The molecule has 0 aromatic heterocycles. The highest BCUT2D eigenvalue weighted by atomic mass is 16.4. The van der Waals surface area contributed by atoms with Gasteiger partial charge in [0.2, 0.25) is 5.91 Å². The van der Waals surface area contributed by atoms with Crippen LogP contribution in [0.3, 0.4) is 0 Å². The molecule has 0 fully saturated rings. The Labute approximate surface area is 122 Å². The number of likely N-dealkylation sites (N-methyl/N-ethyl adjacent to an activating group) is 2. The van der Waals surface area contributed by atoms with Gasteiger partial charge in [0.1, 0.15) is 0 Å². The molecule has 0 radical (unpaired) electrons. The molecule has 0 bridgehead atoms. The van der Waals surface area contributed by atoms with Crippen LogP contribution in [0.2, 0.25) is 0 Å². The van der Waals surface area contributed by atoms with Crippen molar-refractivity contribution in [3.05, 3.63) is 0 Å². The lowest BCUT2D eigenvalue weighted by Gasteiger charge is -2.28. The molecule has 0 saturated carbocycles.